The summed E-state index contributed by atoms with van der Waals surface area (Å²) in [6, 6.07) is -2.39. The molecule has 0 aromatic heterocycles. The minimum absolute atomic E-state index is 0.00501. The molecule has 17 nitrogen and oxygen atoms in total. The van der Waals surface area contributed by atoms with Gasteiger partial charge in [0.25, 0.3) is 11.8 Å². The van der Waals surface area contributed by atoms with E-state index in [9.17, 15) is 23.5 Å². The third kappa shape index (κ3) is 70.9. The molecule has 0 aliphatic rings. The molecule has 19 heteroatoms. The fourth-order valence-corrected chi connectivity index (χ4v) is 13.6. The van der Waals surface area contributed by atoms with Gasteiger partial charge in [0, 0.05) is 38.1 Å². The Labute approximate surface area is 667 Å². The van der Waals surface area contributed by atoms with Gasteiger partial charge in [0.2, 0.25) is 0 Å². The number of hydrogen-bond donors (Lipinski definition) is 4. The average molecular weight is 1550 g/mol. The fourth-order valence-electron chi connectivity index (χ4n) is 11.2. The van der Waals surface area contributed by atoms with Crippen LogP contribution in [0.5, 0.6) is 0 Å². The largest absolute Gasteiger partial charge is 0.475 e. The van der Waals surface area contributed by atoms with Gasteiger partial charge >= 0.3 is 21.7 Å². The van der Waals surface area contributed by atoms with Crippen molar-refractivity contribution in [3.05, 3.63) is 25.3 Å². The second kappa shape index (κ2) is 79.6. The Balaban J connectivity index is 6.15. The van der Waals surface area contributed by atoms with Crippen molar-refractivity contribution < 1.29 is 60.1 Å². The highest BCUT2D eigenvalue weighted by atomic mass is 31.2. The Morgan fingerprint density at radius 3 is 0.864 bits per heavy atom. The van der Waals surface area contributed by atoms with Gasteiger partial charge in [-0.2, -0.15) is 0 Å². The predicted octanol–water partition coefficient (Wildman–Crippen LogP) is 18.2. The topological polar surface area (TPSA) is 207 Å². The number of carbonyl (C=O) groups is 3. The van der Waals surface area contributed by atoms with Crippen LogP contribution in [0.3, 0.4) is 0 Å². The van der Waals surface area contributed by atoms with Crippen LogP contribution < -0.4 is 21.3 Å². The molecule has 0 aromatic rings. The molecule has 604 valence electrons. The SMILES string of the molecule is C=CCOP(=O)(OCCNC(=O)NCCOP(=O)(OCC=C)OC[C@@H](COCC[C@H](CCCCCCC)CCCCCCCCCCCCC)NC(=O)C#CC#CC#CC#CC#CC#CC)OC[C@@H](COCC[C@H](CCCCCCC)CCCCCCCCCCCCC)NC(=O)C#CC#CC#CC#CC#CC#CC. The zero-order valence-electron chi connectivity index (χ0n) is 67.9. The minimum atomic E-state index is -4.36. The lowest BCUT2D eigenvalue weighted by Crippen LogP contribution is -2.41. The zero-order valence-corrected chi connectivity index (χ0v) is 69.7. The number of phosphoric acid groups is 2. The van der Waals surface area contributed by atoms with E-state index in [-0.39, 0.29) is 65.9 Å². The standard InChI is InChI=1S/C91H132N4O13P2/c1-9-17-23-29-33-37-41-45-49-55-61-67-85(65-59-53-27-21-13-5)71-77-101-81-87(94-89(96)69-63-57-51-47-43-39-35-31-25-19-11-3)83-107-109(99,103-75-15-7)105-79-73-92-91(98)93-74-80-106-110(100,104-76-16-8)108-84-88(95-90(97)70-64-58-52-48-44-40-36-32-26-20-12-4)82-102-78-72-86(66-60-54-28-22-14-6)68-62-56-50-46-42-38-34-30-24-18-10-2/h15-16,85-88H,7-10,13-14,17-18,21-24,27-30,33-34,37-38,41-42,45-46,49-50,53-56,59-62,65-68,71-84H2,1-6H3,(H,94,96)(H,95,97)(H2,92,93,98)/t85-,86-,87-,88-,109?,110?/m1/s1. The molecule has 0 fully saturated rings. The van der Waals surface area contributed by atoms with Gasteiger partial charge in [-0.25, -0.2) is 13.9 Å². The summed E-state index contributed by atoms with van der Waals surface area (Å²) >= 11 is 0. The van der Waals surface area contributed by atoms with Gasteiger partial charge in [0.1, 0.15) is 0 Å². The van der Waals surface area contributed by atoms with Crippen LogP contribution in [-0.2, 0) is 55.3 Å². The molecule has 0 rings (SSSR count). The van der Waals surface area contributed by atoms with Crippen molar-refractivity contribution in [2.24, 2.45) is 11.8 Å². The second-order valence-electron chi connectivity index (χ2n) is 26.6. The van der Waals surface area contributed by atoms with Crippen molar-refractivity contribution in [3.63, 3.8) is 0 Å². The van der Waals surface area contributed by atoms with E-state index in [1.54, 1.807) is 13.8 Å². The summed E-state index contributed by atoms with van der Waals surface area (Å²) in [5.41, 5.74) is 0. The Hall–Kier alpha value is -7.45. The number of hydrogen-bond acceptors (Lipinski definition) is 13. The van der Waals surface area contributed by atoms with Crippen molar-refractivity contribution in [1.82, 2.24) is 21.3 Å². The van der Waals surface area contributed by atoms with E-state index in [2.05, 4.69) is 204 Å². The lowest BCUT2D eigenvalue weighted by atomic mass is 9.91. The smallest absolute Gasteiger partial charge is 0.379 e. The van der Waals surface area contributed by atoms with Crippen LogP contribution in [0.2, 0.25) is 0 Å². The molecule has 0 saturated heterocycles. The summed E-state index contributed by atoms with van der Waals surface area (Å²) in [6.45, 7) is 18.3. The van der Waals surface area contributed by atoms with Gasteiger partial charge in [0.05, 0.1) is 64.9 Å². The molecule has 0 heterocycles. The Bertz CT molecular complexity index is 3210. The van der Waals surface area contributed by atoms with Gasteiger partial charge < -0.3 is 30.7 Å². The van der Waals surface area contributed by atoms with E-state index in [0.717, 1.165) is 38.5 Å². The maximum absolute atomic E-state index is 14.1. The molecule has 0 saturated carbocycles. The van der Waals surface area contributed by atoms with Crippen LogP contribution in [0, 0.1) is 154 Å². The van der Waals surface area contributed by atoms with E-state index in [4.69, 9.17) is 36.6 Å². The first-order valence-electron chi connectivity index (χ1n) is 40.8. The van der Waals surface area contributed by atoms with E-state index >= 15 is 0 Å². The summed E-state index contributed by atoms with van der Waals surface area (Å²) in [5, 5.41) is 10.8. The number of unbranched alkanes of at least 4 members (excludes halogenated alkanes) is 28. The molecule has 4 N–H and O–H groups in total. The maximum Gasteiger partial charge on any atom is 0.475 e. The molecular formula is C91H132N4O13P2. The van der Waals surface area contributed by atoms with E-state index in [1.807, 2.05) is 0 Å². The first kappa shape index (κ1) is 103. The first-order valence-corrected chi connectivity index (χ1v) is 43.7. The second-order valence-corrected chi connectivity index (χ2v) is 29.9. The molecule has 0 aromatic carbocycles. The Kier molecular flexibility index (Phi) is 74.2. The third-order valence-electron chi connectivity index (χ3n) is 17.1. The highest BCUT2D eigenvalue weighted by Crippen LogP contribution is 2.50. The molecule has 0 bridgehead atoms. The molecule has 0 aliphatic carbocycles. The van der Waals surface area contributed by atoms with Crippen LogP contribution in [0.4, 0.5) is 4.79 Å². The van der Waals surface area contributed by atoms with Crippen LogP contribution in [-0.4, -0.2) is 109 Å². The quantitative estimate of drug-likeness (QED) is 0.0194. The van der Waals surface area contributed by atoms with Gasteiger partial charge in [-0.05, 0) is 157 Å². The predicted molar refractivity (Wildman–Crippen MR) is 448 cm³/mol. The highest BCUT2D eigenvalue weighted by Gasteiger charge is 2.30. The van der Waals surface area contributed by atoms with Crippen molar-refractivity contribution in [2.75, 3.05) is 79.2 Å². The van der Waals surface area contributed by atoms with E-state index in [0.29, 0.717) is 25.0 Å². The fraction of sp³-hybridized carbons (Fsp3) is 0.659. The highest BCUT2D eigenvalue weighted by molar-refractivity contribution is 7.48. The first-order chi connectivity index (χ1) is 53.9. The molecule has 6 atom stereocenters. The summed E-state index contributed by atoms with van der Waals surface area (Å²) in [7, 11) is -8.72. The van der Waals surface area contributed by atoms with E-state index < -0.39 is 45.6 Å². The molecular weight excluding hydrogens is 1420 g/mol. The molecule has 0 radical (unpaired) electrons. The number of amides is 4. The lowest BCUT2D eigenvalue weighted by Gasteiger charge is -2.23. The number of nitrogens with one attached hydrogen (secondary N) is 4. The average Bonchev–Trinajstić information content (AvgIpc) is 0.890. The summed E-state index contributed by atoms with van der Waals surface area (Å²) in [4.78, 5) is 39.5. The van der Waals surface area contributed by atoms with Gasteiger partial charge in [0.15, 0.2) is 0 Å². The number of phosphoric ester groups is 2. The van der Waals surface area contributed by atoms with Gasteiger partial charge in [-0.1, -0.05) is 283 Å². The zero-order chi connectivity index (χ0) is 80.3. The van der Waals surface area contributed by atoms with Crippen LogP contribution in [0.15, 0.2) is 25.3 Å². The van der Waals surface area contributed by atoms with Crippen LogP contribution in [0.1, 0.15) is 286 Å². The van der Waals surface area contributed by atoms with Crippen molar-refractivity contribution >= 4 is 33.5 Å². The third-order valence-corrected chi connectivity index (χ3v) is 19.9. The number of rotatable bonds is 68. The molecule has 110 heavy (non-hydrogen) atoms. The molecule has 0 spiro atoms. The molecule has 2 unspecified atom stereocenters. The summed E-state index contributed by atoms with van der Waals surface area (Å²) in [5.74, 6) is 60.5. The van der Waals surface area contributed by atoms with Crippen LogP contribution in [0.25, 0.3) is 0 Å². The number of ether oxygens (including phenoxy) is 2. The Morgan fingerprint density at radius 1 is 0.327 bits per heavy atom. The minimum Gasteiger partial charge on any atom is -0.379 e. The Morgan fingerprint density at radius 2 is 0.591 bits per heavy atom. The maximum atomic E-state index is 14.1. The summed E-state index contributed by atoms with van der Waals surface area (Å²) < 4.78 is 74.6. The van der Waals surface area contributed by atoms with E-state index in [1.165, 1.54) is 218 Å². The number of carbonyl (C=O) groups excluding carboxylic acids is 3. The number of urea groups is 1. The summed E-state index contributed by atoms with van der Waals surface area (Å²) in [6.07, 6.45) is 49.4. The monoisotopic (exact) mass is 1550 g/mol. The molecule has 0 aliphatic heterocycles. The van der Waals surface area contributed by atoms with Crippen molar-refractivity contribution in [3.8, 4) is 142 Å². The molecule has 4 amide bonds. The van der Waals surface area contributed by atoms with Gasteiger partial charge in [-0.3, -0.25) is 36.7 Å². The van der Waals surface area contributed by atoms with Crippen molar-refractivity contribution in [2.45, 2.75) is 298 Å². The normalized spacial score (nSPS) is 12.1. The van der Waals surface area contributed by atoms with Gasteiger partial charge in [-0.15, -0.1) is 13.2 Å². The van der Waals surface area contributed by atoms with Crippen LogP contribution >= 0.6 is 15.6 Å². The van der Waals surface area contributed by atoms with Crippen molar-refractivity contribution in [1.29, 1.82) is 0 Å². The lowest BCUT2D eigenvalue weighted by molar-refractivity contribution is -0.118.